The SMILES string of the molecule is [CH2-]CCCC.[CH2-]NC.[Y+3]. The molecule has 0 amide bonds. The number of unbranched alkanes of at least 4 members (excludes halogenated alkanes) is 2. The molecule has 0 atom stereocenters. The Hall–Kier alpha value is 1.06. The maximum atomic E-state index is 3.68. The molecule has 1 N–H and O–H groups in total. The van der Waals surface area contributed by atoms with Gasteiger partial charge in [-0.2, -0.15) is 6.42 Å². The minimum Gasteiger partial charge on any atom is -0.475 e. The molecule has 0 spiro atoms. The van der Waals surface area contributed by atoms with E-state index >= 15 is 0 Å². The molecule has 0 aromatic carbocycles. The molecular formula is C7H17NY+. The van der Waals surface area contributed by atoms with Gasteiger partial charge in [-0.25, -0.2) is 0 Å². The zero-order valence-electron chi connectivity index (χ0n) is 6.61. The summed E-state index contributed by atoms with van der Waals surface area (Å²) in [5.74, 6) is 0. The van der Waals surface area contributed by atoms with E-state index in [1.165, 1.54) is 12.8 Å². The van der Waals surface area contributed by atoms with Crippen molar-refractivity contribution >= 4 is 0 Å². The molecule has 0 fully saturated rings. The van der Waals surface area contributed by atoms with Crippen molar-refractivity contribution in [3.05, 3.63) is 14.0 Å². The van der Waals surface area contributed by atoms with E-state index in [0.29, 0.717) is 0 Å². The smallest absolute Gasteiger partial charge is 0.475 e. The van der Waals surface area contributed by atoms with E-state index in [0.717, 1.165) is 6.42 Å². The standard InChI is InChI=1S/C5H11.C2H6N.Y/c1-3-5-4-2;1-3-2;/h1,3-5H2,2H3;3H,1H2,2H3;/q2*-1;+3. The molecule has 0 aromatic rings. The summed E-state index contributed by atoms with van der Waals surface area (Å²) in [6, 6.07) is 0. The van der Waals surface area contributed by atoms with Crippen LogP contribution in [-0.2, 0) is 32.7 Å². The zero-order valence-corrected chi connectivity index (χ0v) is 9.45. The molecule has 0 saturated carbocycles. The van der Waals surface area contributed by atoms with E-state index < -0.39 is 0 Å². The summed E-state index contributed by atoms with van der Waals surface area (Å²) < 4.78 is 0. The monoisotopic (exact) mass is 204 g/mol. The van der Waals surface area contributed by atoms with Gasteiger partial charge in [0.2, 0.25) is 0 Å². The number of nitrogens with one attached hydrogen (secondary N) is 1. The largest absolute Gasteiger partial charge is 3.00 e. The Kier molecular flexibility index (Phi) is 42.3. The van der Waals surface area contributed by atoms with E-state index in [2.05, 4.69) is 26.2 Å². The molecule has 9 heavy (non-hydrogen) atoms. The van der Waals surface area contributed by atoms with E-state index in [4.69, 9.17) is 0 Å². The molecule has 0 saturated heterocycles. The van der Waals surface area contributed by atoms with Crippen LogP contribution >= 0.6 is 0 Å². The predicted octanol–water partition coefficient (Wildman–Crippen LogP) is 2.01. The first-order valence-electron chi connectivity index (χ1n) is 3.06. The third kappa shape index (κ3) is 48.2. The van der Waals surface area contributed by atoms with Crippen molar-refractivity contribution in [2.75, 3.05) is 7.05 Å². The summed E-state index contributed by atoms with van der Waals surface area (Å²) in [5, 5.41) is 2.50. The van der Waals surface area contributed by atoms with Crippen molar-refractivity contribution in [2.45, 2.75) is 26.2 Å². The average molecular weight is 204 g/mol. The Morgan fingerprint density at radius 3 is 1.78 bits per heavy atom. The van der Waals surface area contributed by atoms with Crippen molar-refractivity contribution in [2.24, 2.45) is 0 Å². The van der Waals surface area contributed by atoms with Crippen LogP contribution < -0.4 is 5.32 Å². The second-order valence-electron chi connectivity index (χ2n) is 1.56. The Labute approximate surface area is 84.9 Å². The average Bonchev–Trinajstić information content (AvgIpc) is 1.71. The van der Waals surface area contributed by atoms with Gasteiger partial charge < -0.3 is 12.2 Å². The normalized spacial score (nSPS) is 6.67. The molecule has 0 aliphatic carbocycles. The van der Waals surface area contributed by atoms with Crippen LogP contribution in [0, 0.1) is 14.0 Å². The summed E-state index contributed by atoms with van der Waals surface area (Å²) in [4.78, 5) is 0. The minimum atomic E-state index is 0. The summed E-state index contributed by atoms with van der Waals surface area (Å²) in [6.07, 6.45) is 3.65. The molecule has 0 aliphatic heterocycles. The van der Waals surface area contributed by atoms with Gasteiger partial charge in [-0.05, 0) is 7.05 Å². The predicted molar refractivity (Wildman–Crippen MR) is 39.3 cm³/mol. The van der Waals surface area contributed by atoms with Crippen LogP contribution in [0.25, 0.3) is 0 Å². The molecule has 0 bridgehead atoms. The Balaban J connectivity index is -0.0000000800. The van der Waals surface area contributed by atoms with Gasteiger partial charge in [0.15, 0.2) is 0 Å². The third-order valence-electron chi connectivity index (χ3n) is 0.604. The van der Waals surface area contributed by atoms with Crippen LogP contribution in [0.1, 0.15) is 26.2 Å². The van der Waals surface area contributed by atoms with Crippen LogP contribution in [-0.4, -0.2) is 7.05 Å². The quantitative estimate of drug-likeness (QED) is 0.678. The molecule has 0 aliphatic rings. The number of hydrogen-bond donors (Lipinski definition) is 1. The van der Waals surface area contributed by atoms with Gasteiger partial charge in [0.05, 0.1) is 0 Å². The van der Waals surface area contributed by atoms with Crippen molar-refractivity contribution < 1.29 is 32.7 Å². The minimum absolute atomic E-state index is 0. The summed E-state index contributed by atoms with van der Waals surface area (Å²) in [5.41, 5.74) is 0. The van der Waals surface area contributed by atoms with Gasteiger partial charge in [0, 0.05) is 0 Å². The van der Waals surface area contributed by atoms with E-state index in [1.807, 2.05) is 0 Å². The van der Waals surface area contributed by atoms with Crippen molar-refractivity contribution in [1.82, 2.24) is 5.32 Å². The van der Waals surface area contributed by atoms with Crippen LogP contribution in [0.15, 0.2) is 0 Å². The zero-order chi connectivity index (χ0) is 6.83. The van der Waals surface area contributed by atoms with Crippen LogP contribution in [0.2, 0.25) is 0 Å². The van der Waals surface area contributed by atoms with Gasteiger partial charge in [-0.1, -0.05) is 19.8 Å². The van der Waals surface area contributed by atoms with Crippen molar-refractivity contribution in [3.8, 4) is 0 Å². The Bertz CT molecular complexity index is 22.9. The molecule has 0 unspecified atom stereocenters. The summed E-state index contributed by atoms with van der Waals surface area (Å²) in [7, 11) is 5.00. The molecule has 0 radical (unpaired) electrons. The molecule has 0 rings (SSSR count). The third-order valence-corrected chi connectivity index (χ3v) is 0.604. The Morgan fingerprint density at radius 2 is 1.78 bits per heavy atom. The fourth-order valence-corrected chi connectivity index (χ4v) is 0.250. The molecule has 2 heteroatoms. The first kappa shape index (κ1) is 16.6. The van der Waals surface area contributed by atoms with Crippen LogP contribution in [0.5, 0.6) is 0 Å². The molecular weight excluding hydrogens is 187 g/mol. The van der Waals surface area contributed by atoms with Gasteiger partial charge >= 0.3 is 32.7 Å². The van der Waals surface area contributed by atoms with E-state index in [-0.39, 0.29) is 32.7 Å². The van der Waals surface area contributed by atoms with E-state index in [9.17, 15) is 0 Å². The molecule has 1 nitrogen and oxygen atoms in total. The molecule has 52 valence electrons. The van der Waals surface area contributed by atoms with Crippen LogP contribution in [0.4, 0.5) is 0 Å². The first-order chi connectivity index (χ1) is 3.83. The fraction of sp³-hybridized carbons (Fsp3) is 0.714. The van der Waals surface area contributed by atoms with Gasteiger partial charge in [0.25, 0.3) is 0 Å². The van der Waals surface area contributed by atoms with Gasteiger partial charge in [-0.15, -0.1) is 0 Å². The van der Waals surface area contributed by atoms with Crippen LogP contribution in [0.3, 0.4) is 0 Å². The summed E-state index contributed by atoms with van der Waals surface area (Å²) in [6.45, 7) is 5.85. The maximum Gasteiger partial charge on any atom is 3.00 e. The summed E-state index contributed by atoms with van der Waals surface area (Å²) >= 11 is 0. The van der Waals surface area contributed by atoms with Crippen molar-refractivity contribution in [3.63, 3.8) is 0 Å². The van der Waals surface area contributed by atoms with Crippen molar-refractivity contribution in [1.29, 1.82) is 0 Å². The van der Waals surface area contributed by atoms with Gasteiger partial charge in [0.1, 0.15) is 0 Å². The molecule has 0 heterocycles. The Morgan fingerprint density at radius 1 is 1.44 bits per heavy atom. The van der Waals surface area contributed by atoms with E-state index in [1.54, 1.807) is 7.05 Å². The molecule has 0 aromatic heterocycles. The second-order valence-corrected chi connectivity index (χ2v) is 1.56. The number of rotatable bonds is 2. The van der Waals surface area contributed by atoms with Gasteiger partial charge in [-0.3, -0.25) is 7.05 Å². The first-order valence-corrected chi connectivity index (χ1v) is 3.06. The second kappa shape index (κ2) is 23.0. The fourth-order valence-electron chi connectivity index (χ4n) is 0.250. The topological polar surface area (TPSA) is 12.0 Å². The maximum absolute atomic E-state index is 3.68. The number of hydrogen-bond acceptors (Lipinski definition) is 1.